The van der Waals surface area contributed by atoms with Crippen molar-refractivity contribution in [2.24, 2.45) is 0 Å². The molecule has 0 saturated carbocycles. The fourth-order valence-corrected chi connectivity index (χ4v) is 1.46. The van der Waals surface area contributed by atoms with Gasteiger partial charge in [0.15, 0.2) is 0 Å². The van der Waals surface area contributed by atoms with E-state index in [-0.39, 0.29) is 37.7 Å². The van der Waals surface area contributed by atoms with Crippen LogP contribution in [0.25, 0.3) is 5.57 Å². The Labute approximate surface area is 97.8 Å². The van der Waals surface area contributed by atoms with Gasteiger partial charge in [-0.3, -0.25) is 0 Å². The van der Waals surface area contributed by atoms with Gasteiger partial charge in [0.25, 0.3) is 0 Å². The van der Waals surface area contributed by atoms with Gasteiger partial charge in [0.2, 0.25) is 0 Å². The molecule has 1 aromatic rings. The van der Waals surface area contributed by atoms with Crippen LogP contribution < -0.4 is 0 Å². The molecule has 1 aromatic carbocycles. The first-order valence-corrected chi connectivity index (χ1v) is 3.63. The number of fused-ring (bicyclic) bond motifs is 1. The van der Waals surface area contributed by atoms with E-state index < -0.39 is 0 Å². The first kappa shape index (κ1) is 12.2. The van der Waals surface area contributed by atoms with Crippen LogP contribution in [0.4, 0.5) is 0 Å². The molecule has 2 radical (unpaired) electrons. The molecule has 0 aliphatic heterocycles. The van der Waals surface area contributed by atoms with Crippen LogP contribution in [0, 0.1) is 0 Å². The molecule has 0 N–H and O–H groups in total. The number of benzene rings is 1. The van der Waals surface area contributed by atoms with Crippen molar-refractivity contribution in [1.29, 1.82) is 0 Å². The third-order valence-electron chi connectivity index (χ3n) is 2.07. The van der Waals surface area contributed by atoms with Crippen LogP contribution in [0.5, 0.6) is 0 Å². The summed E-state index contributed by atoms with van der Waals surface area (Å²) in [7, 11) is 0. The molecule has 0 aromatic heterocycles. The van der Waals surface area contributed by atoms with Gasteiger partial charge in [-0.25, -0.2) is 0 Å². The molecule has 0 saturated heterocycles. The zero-order chi connectivity index (χ0) is 6.97. The van der Waals surface area contributed by atoms with Crippen LogP contribution in [0.1, 0.15) is 18.1 Å². The minimum absolute atomic E-state index is 0. The van der Waals surface area contributed by atoms with E-state index >= 15 is 0 Å². The maximum Gasteiger partial charge on any atom is 0 e. The van der Waals surface area contributed by atoms with Crippen LogP contribution in [0.15, 0.2) is 30.3 Å². The Kier molecular flexibility index (Phi) is 5.07. The van der Waals surface area contributed by atoms with Crippen LogP contribution in [0.2, 0.25) is 0 Å². The van der Waals surface area contributed by atoms with E-state index in [1.54, 1.807) is 0 Å². The van der Waals surface area contributed by atoms with Gasteiger partial charge in [0.05, 0.1) is 0 Å². The largest absolute Gasteiger partial charge is 0.0766 e. The molecule has 0 nitrogen and oxygen atoms in total. The number of hydrogen-bond donors (Lipinski definition) is 0. The molecule has 0 fully saturated rings. The van der Waals surface area contributed by atoms with Crippen molar-refractivity contribution >= 4 is 43.3 Å². The summed E-state index contributed by atoms with van der Waals surface area (Å²) in [6.45, 7) is 2.17. The second-order valence-electron chi connectivity index (χ2n) is 2.75. The summed E-state index contributed by atoms with van der Waals surface area (Å²) in [5.74, 6) is 0. The van der Waals surface area contributed by atoms with E-state index in [9.17, 15) is 0 Å². The Morgan fingerprint density at radius 1 is 1.08 bits per heavy atom. The van der Waals surface area contributed by atoms with E-state index in [2.05, 4.69) is 37.3 Å². The summed E-state index contributed by atoms with van der Waals surface area (Å²) >= 11 is 0. The predicted molar refractivity (Wildman–Crippen MR) is 55.3 cm³/mol. The smallest absolute Gasteiger partial charge is 0 e. The van der Waals surface area contributed by atoms with E-state index in [1.165, 1.54) is 16.7 Å². The van der Waals surface area contributed by atoms with Gasteiger partial charge in [0, 0.05) is 37.7 Å². The molecular formula is C10H10Li2. The van der Waals surface area contributed by atoms with Gasteiger partial charge < -0.3 is 0 Å². The van der Waals surface area contributed by atoms with Crippen LogP contribution in [-0.2, 0) is 6.42 Å². The number of allylic oxidation sites excluding steroid dienone is 2. The molecule has 0 bridgehead atoms. The minimum atomic E-state index is 0. The molecule has 0 heterocycles. The summed E-state index contributed by atoms with van der Waals surface area (Å²) < 4.78 is 0. The second-order valence-corrected chi connectivity index (χ2v) is 2.75. The fourth-order valence-electron chi connectivity index (χ4n) is 1.46. The minimum Gasteiger partial charge on any atom is -0.0766 e. The maximum absolute atomic E-state index is 2.28. The van der Waals surface area contributed by atoms with Gasteiger partial charge in [-0.05, 0) is 30.0 Å². The van der Waals surface area contributed by atoms with E-state index in [0.717, 1.165) is 6.42 Å². The van der Waals surface area contributed by atoms with Crippen molar-refractivity contribution in [3.63, 3.8) is 0 Å². The number of hydrogen-bond acceptors (Lipinski definition) is 0. The van der Waals surface area contributed by atoms with Crippen molar-refractivity contribution in [3.8, 4) is 0 Å². The van der Waals surface area contributed by atoms with Gasteiger partial charge in [-0.15, -0.1) is 0 Å². The second kappa shape index (κ2) is 5.01. The summed E-state index contributed by atoms with van der Waals surface area (Å²) in [6.07, 6.45) is 3.41. The first-order valence-electron chi connectivity index (χ1n) is 3.63. The maximum atomic E-state index is 2.28. The summed E-state index contributed by atoms with van der Waals surface area (Å²) in [5.41, 5.74) is 4.33. The van der Waals surface area contributed by atoms with Crippen molar-refractivity contribution in [2.45, 2.75) is 13.3 Å². The van der Waals surface area contributed by atoms with Crippen LogP contribution in [0.3, 0.4) is 0 Å². The number of rotatable bonds is 0. The van der Waals surface area contributed by atoms with Crippen molar-refractivity contribution in [2.75, 3.05) is 0 Å². The van der Waals surface area contributed by atoms with Gasteiger partial charge in [0.1, 0.15) is 0 Å². The van der Waals surface area contributed by atoms with Crippen molar-refractivity contribution in [1.82, 2.24) is 0 Å². The zero-order valence-corrected chi connectivity index (χ0v) is 8.09. The normalized spacial score (nSPS) is 12.2. The third kappa shape index (κ3) is 2.10. The Hall–Kier alpha value is 0.155. The molecule has 2 rings (SSSR count). The van der Waals surface area contributed by atoms with Gasteiger partial charge in [-0.1, -0.05) is 30.3 Å². The molecule has 0 spiro atoms. The Morgan fingerprint density at radius 2 is 1.75 bits per heavy atom. The topological polar surface area (TPSA) is 0 Å². The monoisotopic (exact) mass is 144 g/mol. The molecule has 12 heavy (non-hydrogen) atoms. The SMILES string of the molecule is CC1=CCc2ccccc21.[Li].[Li]. The van der Waals surface area contributed by atoms with Gasteiger partial charge in [-0.2, -0.15) is 0 Å². The quantitative estimate of drug-likeness (QED) is 0.487. The van der Waals surface area contributed by atoms with Crippen molar-refractivity contribution < 1.29 is 0 Å². The molecule has 2 heteroatoms. The molecule has 0 amide bonds. The fraction of sp³-hybridized carbons (Fsp3) is 0.200. The van der Waals surface area contributed by atoms with E-state index in [1.807, 2.05) is 0 Å². The standard InChI is InChI=1S/C10H10.2Li/c1-8-6-7-9-4-2-3-5-10(8)9;;/h2-6H,7H2,1H3;;. The van der Waals surface area contributed by atoms with Crippen LogP contribution >= 0.6 is 0 Å². The van der Waals surface area contributed by atoms with Gasteiger partial charge >= 0.3 is 0 Å². The zero-order valence-electron chi connectivity index (χ0n) is 8.09. The first-order chi connectivity index (χ1) is 4.88. The Morgan fingerprint density at radius 3 is 2.42 bits per heavy atom. The average Bonchev–Trinajstić information content (AvgIpc) is 2.34. The third-order valence-corrected chi connectivity index (χ3v) is 2.07. The Bertz CT molecular complexity index is 290. The molecule has 52 valence electrons. The Balaban J connectivity index is 0.000000605. The summed E-state index contributed by atoms with van der Waals surface area (Å²) in [4.78, 5) is 0. The summed E-state index contributed by atoms with van der Waals surface area (Å²) in [5, 5.41) is 0. The average molecular weight is 144 g/mol. The van der Waals surface area contributed by atoms with Crippen LogP contribution in [-0.4, -0.2) is 37.7 Å². The molecular weight excluding hydrogens is 134 g/mol. The van der Waals surface area contributed by atoms with E-state index in [0.29, 0.717) is 0 Å². The molecule has 1 aliphatic carbocycles. The summed E-state index contributed by atoms with van der Waals surface area (Å²) in [6, 6.07) is 8.59. The predicted octanol–water partition coefficient (Wildman–Crippen LogP) is 1.88. The molecule has 0 unspecified atom stereocenters. The molecule has 1 aliphatic rings. The van der Waals surface area contributed by atoms with E-state index in [4.69, 9.17) is 0 Å². The molecule has 0 atom stereocenters. The van der Waals surface area contributed by atoms with Crippen molar-refractivity contribution in [3.05, 3.63) is 41.5 Å².